The van der Waals surface area contributed by atoms with E-state index < -0.39 is 6.10 Å². The molecule has 1 aromatic heterocycles. The van der Waals surface area contributed by atoms with Gasteiger partial charge in [-0.05, 0) is 24.6 Å². The van der Waals surface area contributed by atoms with Crippen LogP contribution in [0.3, 0.4) is 0 Å². The summed E-state index contributed by atoms with van der Waals surface area (Å²) in [7, 11) is 0. The van der Waals surface area contributed by atoms with Crippen molar-refractivity contribution < 1.29 is 9.84 Å². The van der Waals surface area contributed by atoms with Crippen molar-refractivity contribution in [1.29, 1.82) is 0 Å². The lowest BCUT2D eigenvalue weighted by Gasteiger charge is -2.13. The lowest BCUT2D eigenvalue weighted by atomic mass is 10.2. The van der Waals surface area contributed by atoms with Gasteiger partial charge in [-0.2, -0.15) is 0 Å². The van der Waals surface area contributed by atoms with Crippen LogP contribution in [0.15, 0.2) is 30.5 Å². The molecule has 1 atom stereocenters. The van der Waals surface area contributed by atoms with Crippen molar-refractivity contribution in [3.05, 3.63) is 45.9 Å². The molecule has 0 radical (unpaired) electrons. The van der Waals surface area contributed by atoms with Crippen molar-refractivity contribution >= 4 is 11.3 Å². The fraction of sp³-hybridized carbons (Fsp3) is 0.471. The zero-order chi connectivity index (χ0) is 15.9. The van der Waals surface area contributed by atoms with Crippen LogP contribution in [-0.2, 0) is 6.54 Å². The highest BCUT2D eigenvalue weighted by Gasteiger charge is 2.08. The highest BCUT2D eigenvalue weighted by atomic mass is 32.1. The molecule has 4 nitrogen and oxygen atoms in total. The molecule has 120 valence electrons. The van der Waals surface area contributed by atoms with Crippen molar-refractivity contribution in [3.8, 4) is 5.75 Å². The average Bonchev–Trinajstić information content (AvgIpc) is 2.94. The molecule has 1 heterocycles. The lowest BCUT2D eigenvalue weighted by Crippen LogP contribution is -2.31. The van der Waals surface area contributed by atoms with Gasteiger partial charge in [0.05, 0.1) is 5.01 Å². The first-order valence-corrected chi connectivity index (χ1v) is 8.39. The molecule has 0 fully saturated rings. The number of aliphatic hydroxyl groups is 1. The average molecular weight is 320 g/mol. The van der Waals surface area contributed by atoms with E-state index in [1.807, 2.05) is 37.4 Å². The second kappa shape index (κ2) is 8.27. The molecule has 5 heteroatoms. The molecule has 0 aliphatic rings. The number of hydrogen-bond acceptors (Lipinski definition) is 5. The van der Waals surface area contributed by atoms with Gasteiger partial charge in [0.25, 0.3) is 0 Å². The maximum absolute atomic E-state index is 9.95. The Labute approximate surface area is 136 Å². The molecule has 0 saturated heterocycles. The molecule has 0 saturated carbocycles. The first kappa shape index (κ1) is 16.9. The number of aromatic nitrogens is 1. The Morgan fingerprint density at radius 1 is 1.36 bits per heavy atom. The largest absolute Gasteiger partial charge is 0.491 e. The molecule has 0 spiro atoms. The van der Waals surface area contributed by atoms with Crippen LogP contribution in [0, 0.1) is 6.92 Å². The van der Waals surface area contributed by atoms with E-state index in [2.05, 4.69) is 24.1 Å². The minimum atomic E-state index is -0.530. The number of aryl methyl sites for hydroxylation is 1. The van der Waals surface area contributed by atoms with Gasteiger partial charge in [-0.3, -0.25) is 0 Å². The molecule has 0 bridgehead atoms. The van der Waals surface area contributed by atoms with Crippen molar-refractivity contribution in [3.63, 3.8) is 0 Å². The van der Waals surface area contributed by atoms with Crippen molar-refractivity contribution in [2.45, 2.75) is 39.3 Å². The van der Waals surface area contributed by atoms with E-state index >= 15 is 0 Å². The fourth-order valence-corrected chi connectivity index (χ4v) is 2.88. The summed E-state index contributed by atoms with van der Waals surface area (Å²) in [6.45, 7) is 7.82. The van der Waals surface area contributed by atoms with Crippen LogP contribution in [0.2, 0.25) is 0 Å². The van der Waals surface area contributed by atoms with Gasteiger partial charge >= 0.3 is 0 Å². The summed E-state index contributed by atoms with van der Waals surface area (Å²) in [5.74, 6) is 1.26. The number of nitrogens with zero attached hydrogens (tertiary/aromatic N) is 1. The third-order valence-corrected chi connectivity index (χ3v) is 4.47. The van der Waals surface area contributed by atoms with Gasteiger partial charge in [0.15, 0.2) is 0 Å². The lowest BCUT2D eigenvalue weighted by molar-refractivity contribution is 0.106. The normalized spacial score (nSPS) is 12.6. The molecule has 0 aliphatic heterocycles. The first-order valence-electron chi connectivity index (χ1n) is 7.57. The molecule has 0 amide bonds. The Hall–Kier alpha value is -1.43. The second-order valence-electron chi connectivity index (χ2n) is 5.73. The van der Waals surface area contributed by atoms with E-state index in [4.69, 9.17) is 4.74 Å². The number of hydrogen-bond donors (Lipinski definition) is 2. The summed E-state index contributed by atoms with van der Waals surface area (Å²) >= 11 is 1.72. The van der Waals surface area contributed by atoms with Gasteiger partial charge in [-0.25, -0.2) is 4.98 Å². The molecular weight excluding hydrogens is 296 g/mol. The minimum absolute atomic E-state index is 0.288. The Kier molecular flexibility index (Phi) is 6.36. The van der Waals surface area contributed by atoms with E-state index in [9.17, 15) is 5.11 Å². The topological polar surface area (TPSA) is 54.4 Å². The maximum atomic E-state index is 9.95. The summed E-state index contributed by atoms with van der Waals surface area (Å²) < 4.78 is 5.59. The summed E-state index contributed by atoms with van der Waals surface area (Å²) in [6.07, 6.45) is 1.38. The molecule has 1 unspecified atom stereocenters. The third kappa shape index (κ3) is 5.40. The van der Waals surface area contributed by atoms with E-state index in [1.165, 1.54) is 4.88 Å². The Morgan fingerprint density at radius 3 is 2.86 bits per heavy atom. The van der Waals surface area contributed by atoms with Gasteiger partial charge in [0.1, 0.15) is 18.5 Å². The van der Waals surface area contributed by atoms with Crippen molar-refractivity contribution in [2.24, 2.45) is 0 Å². The summed E-state index contributed by atoms with van der Waals surface area (Å²) in [5.41, 5.74) is 1.15. The molecule has 22 heavy (non-hydrogen) atoms. The van der Waals surface area contributed by atoms with Gasteiger partial charge in [0, 0.05) is 30.1 Å². The molecular formula is C17H24N2O2S. The summed E-state index contributed by atoms with van der Waals surface area (Å²) in [6, 6.07) is 7.83. The number of nitrogens with one attached hydrogen (secondary N) is 1. The number of aliphatic hydroxyl groups excluding tert-OH is 1. The Balaban J connectivity index is 1.68. The summed E-state index contributed by atoms with van der Waals surface area (Å²) in [4.78, 5) is 5.58. The number of thiazole rings is 1. The van der Waals surface area contributed by atoms with Crippen molar-refractivity contribution in [1.82, 2.24) is 10.3 Å². The zero-order valence-electron chi connectivity index (χ0n) is 13.4. The Bertz CT molecular complexity index is 584. The van der Waals surface area contributed by atoms with E-state index in [0.29, 0.717) is 12.5 Å². The molecule has 1 aromatic carbocycles. The summed E-state index contributed by atoms with van der Waals surface area (Å²) in [5, 5.41) is 14.3. The molecule has 2 rings (SSSR count). The van der Waals surface area contributed by atoms with Gasteiger partial charge in [-0.1, -0.05) is 26.0 Å². The highest BCUT2D eigenvalue weighted by Crippen LogP contribution is 2.20. The van der Waals surface area contributed by atoms with Crippen LogP contribution in [0.25, 0.3) is 0 Å². The van der Waals surface area contributed by atoms with Crippen LogP contribution in [0.4, 0.5) is 0 Å². The first-order chi connectivity index (χ1) is 10.5. The smallest absolute Gasteiger partial charge is 0.119 e. The fourth-order valence-electron chi connectivity index (χ4n) is 1.99. The van der Waals surface area contributed by atoms with Crippen LogP contribution >= 0.6 is 11.3 Å². The van der Waals surface area contributed by atoms with Crippen LogP contribution in [0.1, 0.15) is 35.2 Å². The van der Waals surface area contributed by atoms with Crippen molar-refractivity contribution in [2.75, 3.05) is 13.2 Å². The minimum Gasteiger partial charge on any atom is -0.491 e. The predicted molar refractivity (Wildman–Crippen MR) is 90.6 cm³/mol. The number of rotatable bonds is 8. The van der Waals surface area contributed by atoms with E-state index in [0.717, 1.165) is 22.9 Å². The monoisotopic (exact) mass is 320 g/mol. The molecule has 0 aliphatic carbocycles. The zero-order valence-corrected chi connectivity index (χ0v) is 14.2. The molecule has 2 aromatic rings. The van der Waals surface area contributed by atoms with E-state index in [-0.39, 0.29) is 6.61 Å². The van der Waals surface area contributed by atoms with Crippen LogP contribution < -0.4 is 10.1 Å². The predicted octanol–water partition coefficient (Wildman–Crippen LogP) is 3.10. The van der Waals surface area contributed by atoms with E-state index in [1.54, 1.807) is 11.3 Å². The standard InChI is InChI=1S/C17H24N2O2S/c1-12(2)17-19-10-16(22-17)9-18-8-14(20)11-21-15-6-4-5-13(3)7-15/h4-7,10,12,14,18,20H,8-9,11H2,1-3H3. The maximum Gasteiger partial charge on any atom is 0.119 e. The number of ether oxygens (including phenoxy) is 1. The van der Waals surface area contributed by atoms with Gasteiger partial charge in [0.2, 0.25) is 0 Å². The van der Waals surface area contributed by atoms with Gasteiger partial charge < -0.3 is 15.2 Å². The highest BCUT2D eigenvalue weighted by molar-refractivity contribution is 7.11. The Morgan fingerprint density at radius 2 is 2.18 bits per heavy atom. The van der Waals surface area contributed by atoms with Crippen LogP contribution in [-0.4, -0.2) is 29.3 Å². The second-order valence-corrected chi connectivity index (χ2v) is 6.88. The SMILES string of the molecule is Cc1cccc(OCC(O)CNCc2cnc(C(C)C)s2)c1. The molecule has 2 N–H and O–H groups in total. The van der Waals surface area contributed by atoms with Gasteiger partial charge in [-0.15, -0.1) is 11.3 Å². The quantitative estimate of drug-likeness (QED) is 0.785. The van der Waals surface area contributed by atoms with Crippen LogP contribution in [0.5, 0.6) is 5.75 Å². The third-order valence-electron chi connectivity index (χ3n) is 3.18. The number of benzene rings is 1.